The number of nitrogens with zero attached hydrogens (tertiary/aromatic N) is 2. The Balaban J connectivity index is 1.66. The molecular weight excluding hydrogens is 499 g/mol. The molecule has 10 heteroatoms. The van der Waals surface area contributed by atoms with Gasteiger partial charge >= 0.3 is 6.18 Å². The third kappa shape index (κ3) is 6.23. The van der Waals surface area contributed by atoms with E-state index in [1.807, 2.05) is 36.4 Å². The van der Waals surface area contributed by atoms with Gasteiger partial charge in [-0.2, -0.15) is 13.2 Å². The third-order valence-electron chi connectivity index (χ3n) is 5.14. The van der Waals surface area contributed by atoms with E-state index in [0.717, 1.165) is 29.5 Å². The summed E-state index contributed by atoms with van der Waals surface area (Å²) in [6.45, 7) is 0.165. The van der Waals surface area contributed by atoms with E-state index >= 15 is 0 Å². The Morgan fingerprint density at radius 1 is 1.06 bits per heavy atom. The second-order valence-corrected chi connectivity index (χ2v) is 9.26. The minimum absolute atomic E-state index is 0.0285. The highest BCUT2D eigenvalue weighted by atomic mass is 35.5. The normalized spacial score (nSPS) is 17.5. The fourth-order valence-electron chi connectivity index (χ4n) is 3.42. The molecule has 1 saturated heterocycles. The first-order valence-electron chi connectivity index (χ1n) is 10.5. The highest BCUT2D eigenvalue weighted by Gasteiger charge is 2.37. The summed E-state index contributed by atoms with van der Waals surface area (Å²) in [7, 11) is 0. The van der Waals surface area contributed by atoms with E-state index in [1.165, 1.54) is 11.0 Å². The second-order valence-electron chi connectivity index (χ2n) is 7.69. The van der Waals surface area contributed by atoms with Crippen LogP contribution in [0.1, 0.15) is 17.5 Å². The van der Waals surface area contributed by atoms with E-state index in [1.54, 1.807) is 24.3 Å². The first kappa shape index (κ1) is 24.8. The van der Waals surface area contributed by atoms with E-state index in [4.69, 9.17) is 11.6 Å². The molecule has 1 atom stereocenters. The molecular formula is C25H19ClF3N3O2S. The number of rotatable bonds is 5. The van der Waals surface area contributed by atoms with Crippen molar-refractivity contribution >= 4 is 51.7 Å². The van der Waals surface area contributed by atoms with Crippen molar-refractivity contribution in [3.63, 3.8) is 0 Å². The summed E-state index contributed by atoms with van der Waals surface area (Å²) in [6, 6.07) is 21.2. The summed E-state index contributed by atoms with van der Waals surface area (Å²) in [4.78, 5) is 31.7. The summed E-state index contributed by atoms with van der Waals surface area (Å²) in [5.41, 5.74) is 0.331. The molecule has 0 aromatic heterocycles. The Labute approximate surface area is 209 Å². The Bertz CT molecular complexity index is 1250. The van der Waals surface area contributed by atoms with Crippen LogP contribution in [0.3, 0.4) is 0 Å². The number of alkyl halides is 3. The Hall–Kier alpha value is -3.30. The summed E-state index contributed by atoms with van der Waals surface area (Å²) < 4.78 is 40.1. The molecule has 0 spiro atoms. The number of thioether (sulfide) groups is 1. The molecule has 4 rings (SSSR count). The average molecular weight is 518 g/mol. The molecule has 1 fully saturated rings. The number of para-hydroxylation sites is 1. The molecule has 0 radical (unpaired) electrons. The van der Waals surface area contributed by atoms with Gasteiger partial charge in [0.2, 0.25) is 11.8 Å². The molecule has 0 aliphatic carbocycles. The van der Waals surface area contributed by atoms with Crippen LogP contribution in [-0.2, 0) is 22.3 Å². The average Bonchev–Trinajstić information content (AvgIpc) is 2.83. The highest BCUT2D eigenvalue weighted by Crippen LogP contribution is 2.38. The standard InChI is InChI=1S/C25H19ClF3N3O2S/c26-20-12-11-18(13-19(20)25(27,28)29)31-24-32(15-16-7-3-1-4-8-16)22(33)14-21(35-24)23(34)30-17-9-5-2-6-10-17/h1-13,21H,14-15H2,(H,30,34). The SMILES string of the molecule is O=C(Nc1ccccc1)C1CC(=O)N(Cc2ccccc2)C(=Nc2ccc(Cl)c(C(F)(F)F)c2)S1. The Morgan fingerprint density at radius 2 is 1.71 bits per heavy atom. The predicted octanol–water partition coefficient (Wildman–Crippen LogP) is 6.52. The first-order chi connectivity index (χ1) is 16.7. The first-order valence-corrected chi connectivity index (χ1v) is 11.8. The lowest BCUT2D eigenvalue weighted by molar-refractivity contribution is -0.137. The van der Waals surface area contributed by atoms with E-state index in [2.05, 4.69) is 10.3 Å². The van der Waals surface area contributed by atoms with E-state index < -0.39 is 27.9 Å². The summed E-state index contributed by atoms with van der Waals surface area (Å²) >= 11 is 6.76. The molecule has 180 valence electrons. The van der Waals surface area contributed by atoms with Crippen molar-refractivity contribution in [2.45, 2.75) is 24.4 Å². The van der Waals surface area contributed by atoms with Crippen molar-refractivity contribution in [3.05, 3.63) is 95.0 Å². The van der Waals surface area contributed by atoms with Crippen LogP contribution >= 0.6 is 23.4 Å². The van der Waals surface area contributed by atoms with Crippen LogP contribution < -0.4 is 5.32 Å². The van der Waals surface area contributed by atoms with Gasteiger partial charge in [0.15, 0.2) is 5.17 Å². The van der Waals surface area contributed by atoms with Crippen molar-refractivity contribution in [3.8, 4) is 0 Å². The monoisotopic (exact) mass is 517 g/mol. The largest absolute Gasteiger partial charge is 0.417 e. The van der Waals surface area contributed by atoms with Crippen LogP contribution in [-0.4, -0.2) is 27.1 Å². The number of benzene rings is 3. The van der Waals surface area contributed by atoms with Gasteiger partial charge in [-0.1, -0.05) is 71.9 Å². The summed E-state index contributed by atoms with van der Waals surface area (Å²) in [5.74, 6) is -0.752. The number of hydrogen-bond donors (Lipinski definition) is 1. The van der Waals surface area contributed by atoms with Gasteiger partial charge in [0.25, 0.3) is 0 Å². The van der Waals surface area contributed by atoms with Crippen LogP contribution in [0.5, 0.6) is 0 Å². The highest BCUT2D eigenvalue weighted by molar-refractivity contribution is 8.15. The predicted molar refractivity (Wildman–Crippen MR) is 132 cm³/mol. The van der Waals surface area contributed by atoms with Crippen LogP contribution in [0.15, 0.2) is 83.9 Å². The number of hydrogen-bond acceptors (Lipinski definition) is 4. The zero-order valence-electron chi connectivity index (χ0n) is 18.1. The van der Waals surface area contributed by atoms with E-state index in [0.29, 0.717) is 5.69 Å². The number of carbonyl (C=O) groups excluding carboxylic acids is 2. The number of anilines is 1. The molecule has 1 heterocycles. The number of amides is 2. The topological polar surface area (TPSA) is 61.8 Å². The van der Waals surface area contributed by atoms with Gasteiger partial charge in [0.1, 0.15) is 5.25 Å². The molecule has 2 amide bonds. The van der Waals surface area contributed by atoms with Crippen molar-refractivity contribution < 1.29 is 22.8 Å². The lowest BCUT2D eigenvalue weighted by Gasteiger charge is -2.32. The molecule has 0 bridgehead atoms. The van der Waals surface area contributed by atoms with Crippen molar-refractivity contribution in [1.29, 1.82) is 0 Å². The van der Waals surface area contributed by atoms with Gasteiger partial charge in [0, 0.05) is 12.1 Å². The number of halogens is 4. The van der Waals surface area contributed by atoms with Crippen molar-refractivity contribution in [2.24, 2.45) is 4.99 Å². The van der Waals surface area contributed by atoms with Gasteiger partial charge in [-0.3, -0.25) is 14.5 Å². The molecule has 5 nitrogen and oxygen atoms in total. The van der Waals surface area contributed by atoms with Gasteiger partial charge < -0.3 is 5.32 Å². The van der Waals surface area contributed by atoms with Crippen LogP contribution in [0.2, 0.25) is 5.02 Å². The zero-order valence-corrected chi connectivity index (χ0v) is 19.7. The minimum atomic E-state index is -4.66. The molecule has 1 aliphatic heterocycles. The maximum absolute atomic E-state index is 13.4. The second kappa shape index (κ2) is 10.5. The molecule has 3 aromatic rings. The zero-order chi connectivity index (χ0) is 25.0. The van der Waals surface area contributed by atoms with Crippen LogP contribution in [0.25, 0.3) is 0 Å². The number of nitrogens with one attached hydrogen (secondary N) is 1. The maximum Gasteiger partial charge on any atom is 0.417 e. The quantitative estimate of drug-likeness (QED) is 0.419. The smallest absolute Gasteiger partial charge is 0.325 e. The van der Waals surface area contributed by atoms with Crippen LogP contribution in [0, 0.1) is 0 Å². The van der Waals surface area contributed by atoms with Crippen molar-refractivity contribution in [2.75, 3.05) is 5.32 Å². The lowest BCUT2D eigenvalue weighted by atomic mass is 10.2. The molecule has 3 aromatic carbocycles. The summed E-state index contributed by atoms with van der Waals surface area (Å²) in [5, 5.41) is 1.65. The number of amidine groups is 1. The third-order valence-corrected chi connectivity index (χ3v) is 6.65. The Kier molecular flexibility index (Phi) is 7.47. The van der Waals surface area contributed by atoms with Crippen molar-refractivity contribution in [1.82, 2.24) is 4.90 Å². The van der Waals surface area contributed by atoms with Gasteiger partial charge in [-0.05, 0) is 35.9 Å². The van der Waals surface area contributed by atoms with Gasteiger partial charge in [0.05, 0.1) is 22.8 Å². The molecule has 1 unspecified atom stereocenters. The van der Waals surface area contributed by atoms with Gasteiger partial charge in [-0.25, -0.2) is 4.99 Å². The van der Waals surface area contributed by atoms with E-state index in [-0.39, 0.29) is 29.7 Å². The molecule has 0 saturated carbocycles. The summed E-state index contributed by atoms with van der Waals surface area (Å²) in [6.07, 6.45) is -4.74. The van der Waals surface area contributed by atoms with E-state index in [9.17, 15) is 22.8 Å². The lowest BCUT2D eigenvalue weighted by Crippen LogP contribution is -2.44. The van der Waals surface area contributed by atoms with Gasteiger partial charge in [-0.15, -0.1) is 0 Å². The Morgan fingerprint density at radius 3 is 2.37 bits per heavy atom. The fraction of sp³-hybridized carbons (Fsp3) is 0.160. The number of aliphatic imine (C=N–C) groups is 1. The minimum Gasteiger partial charge on any atom is -0.325 e. The number of carbonyl (C=O) groups is 2. The molecule has 1 aliphatic rings. The maximum atomic E-state index is 13.4. The fourth-order valence-corrected chi connectivity index (χ4v) is 4.74. The van der Waals surface area contributed by atoms with Crippen LogP contribution in [0.4, 0.5) is 24.5 Å². The molecule has 35 heavy (non-hydrogen) atoms. The molecule has 1 N–H and O–H groups in total.